The molecule has 0 bridgehead atoms. The van der Waals surface area contributed by atoms with E-state index in [4.69, 9.17) is 0 Å². The van der Waals surface area contributed by atoms with Crippen LogP contribution in [-0.2, 0) is 0 Å². The number of aromatic nitrogens is 3. The summed E-state index contributed by atoms with van der Waals surface area (Å²) >= 11 is 0. The second-order valence-electron chi connectivity index (χ2n) is 4.51. The lowest BCUT2D eigenvalue weighted by Gasteiger charge is -2.21. The van der Waals surface area contributed by atoms with Gasteiger partial charge < -0.3 is 10.4 Å². The average molecular weight is 246 g/mol. The molecule has 1 aliphatic rings. The monoisotopic (exact) mass is 246 g/mol. The molecule has 6 heteroatoms. The Morgan fingerprint density at radius 1 is 1.44 bits per heavy atom. The smallest absolute Gasteiger partial charge is 0.352 e. The van der Waals surface area contributed by atoms with Crippen LogP contribution >= 0.6 is 0 Å². The van der Waals surface area contributed by atoms with Crippen LogP contribution in [0.3, 0.4) is 0 Å². The minimum absolute atomic E-state index is 0.220. The van der Waals surface area contributed by atoms with Crippen LogP contribution in [0.15, 0.2) is 18.2 Å². The molecule has 0 aliphatic carbocycles. The molecule has 18 heavy (non-hydrogen) atoms. The van der Waals surface area contributed by atoms with Crippen LogP contribution in [0.5, 0.6) is 0 Å². The summed E-state index contributed by atoms with van der Waals surface area (Å²) in [5, 5.41) is 20.8. The fourth-order valence-electron chi connectivity index (χ4n) is 2.47. The van der Waals surface area contributed by atoms with Crippen LogP contribution in [0.4, 0.5) is 0 Å². The maximum absolute atomic E-state index is 11.3. The molecular formula is C12H14N4O2. The summed E-state index contributed by atoms with van der Waals surface area (Å²) in [6, 6.07) is 5.05. The summed E-state index contributed by atoms with van der Waals surface area (Å²) in [5.41, 5.74) is 0.813. The average Bonchev–Trinajstić information content (AvgIpc) is 2.83. The van der Waals surface area contributed by atoms with Crippen molar-refractivity contribution in [2.24, 2.45) is 0 Å². The van der Waals surface area contributed by atoms with Crippen molar-refractivity contribution in [2.75, 3.05) is 13.1 Å². The summed E-state index contributed by atoms with van der Waals surface area (Å²) in [6.07, 6.45) is 2.09. The normalized spacial score (nSPS) is 20.1. The first kappa shape index (κ1) is 11.2. The van der Waals surface area contributed by atoms with Gasteiger partial charge in [-0.2, -0.15) is 0 Å². The number of rotatable bonds is 2. The third-order valence-electron chi connectivity index (χ3n) is 3.33. The molecular weight excluding hydrogens is 232 g/mol. The molecule has 94 valence electrons. The van der Waals surface area contributed by atoms with Crippen LogP contribution in [0.2, 0.25) is 0 Å². The Kier molecular flexibility index (Phi) is 2.71. The molecule has 2 aromatic heterocycles. The third kappa shape index (κ3) is 1.74. The zero-order chi connectivity index (χ0) is 12.5. The first-order valence-electron chi connectivity index (χ1n) is 6.05. The fourth-order valence-corrected chi connectivity index (χ4v) is 2.47. The quantitative estimate of drug-likeness (QED) is 0.822. The van der Waals surface area contributed by atoms with Gasteiger partial charge in [-0.15, -0.1) is 10.2 Å². The van der Waals surface area contributed by atoms with Crippen LogP contribution in [0, 0.1) is 0 Å². The van der Waals surface area contributed by atoms with Gasteiger partial charge in [-0.05, 0) is 31.5 Å². The van der Waals surface area contributed by atoms with Crippen molar-refractivity contribution in [1.29, 1.82) is 0 Å². The Morgan fingerprint density at radius 3 is 3.06 bits per heavy atom. The van der Waals surface area contributed by atoms with E-state index in [0.29, 0.717) is 5.65 Å². The van der Waals surface area contributed by atoms with Gasteiger partial charge in [0, 0.05) is 12.5 Å². The molecule has 3 rings (SSSR count). The van der Waals surface area contributed by atoms with E-state index < -0.39 is 5.97 Å². The zero-order valence-electron chi connectivity index (χ0n) is 9.83. The van der Waals surface area contributed by atoms with E-state index in [1.807, 2.05) is 0 Å². The lowest BCUT2D eigenvalue weighted by molar-refractivity contribution is 0.0688. The van der Waals surface area contributed by atoms with Gasteiger partial charge in [0.05, 0.1) is 0 Å². The van der Waals surface area contributed by atoms with Crippen molar-refractivity contribution in [3.05, 3.63) is 29.7 Å². The molecule has 3 heterocycles. The largest absolute Gasteiger partial charge is 0.477 e. The molecule has 1 saturated heterocycles. The molecule has 2 N–H and O–H groups in total. The van der Waals surface area contributed by atoms with E-state index in [2.05, 4.69) is 15.5 Å². The van der Waals surface area contributed by atoms with Gasteiger partial charge in [0.25, 0.3) is 0 Å². The molecule has 0 amide bonds. The van der Waals surface area contributed by atoms with Gasteiger partial charge in [-0.25, -0.2) is 4.79 Å². The van der Waals surface area contributed by atoms with Crippen LogP contribution in [0.25, 0.3) is 5.65 Å². The highest BCUT2D eigenvalue weighted by atomic mass is 16.4. The number of fused-ring (bicyclic) bond motifs is 1. The first-order valence-corrected chi connectivity index (χ1v) is 6.05. The predicted octanol–water partition coefficient (Wildman–Crippen LogP) is 0.894. The van der Waals surface area contributed by atoms with Gasteiger partial charge in [0.1, 0.15) is 11.5 Å². The molecule has 1 atom stereocenters. The van der Waals surface area contributed by atoms with E-state index in [0.717, 1.165) is 31.8 Å². The van der Waals surface area contributed by atoms with Crippen molar-refractivity contribution < 1.29 is 9.90 Å². The number of hydrogen-bond donors (Lipinski definition) is 2. The fraction of sp³-hybridized carbons (Fsp3) is 0.417. The lowest BCUT2D eigenvalue weighted by Crippen LogP contribution is -2.29. The number of nitrogens with one attached hydrogen (secondary N) is 1. The van der Waals surface area contributed by atoms with Crippen LogP contribution in [0.1, 0.15) is 35.1 Å². The van der Waals surface area contributed by atoms with Crippen LogP contribution < -0.4 is 5.32 Å². The van der Waals surface area contributed by atoms with Gasteiger partial charge in [-0.3, -0.25) is 4.40 Å². The van der Waals surface area contributed by atoms with E-state index in [9.17, 15) is 9.90 Å². The minimum Gasteiger partial charge on any atom is -0.477 e. The molecule has 1 fully saturated rings. The first-order chi connectivity index (χ1) is 8.77. The molecule has 1 aliphatic heterocycles. The minimum atomic E-state index is -0.953. The van der Waals surface area contributed by atoms with E-state index in [1.54, 1.807) is 22.6 Å². The number of pyridine rings is 1. The summed E-state index contributed by atoms with van der Waals surface area (Å²) in [7, 11) is 0. The van der Waals surface area contributed by atoms with Crippen LogP contribution in [-0.4, -0.2) is 38.8 Å². The zero-order valence-corrected chi connectivity index (χ0v) is 9.83. The Labute approximate surface area is 104 Å². The number of piperidine rings is 1. The van der Waals surface area contributed by atoms with Crippen molar-refractivity contribution in [2.45, 2.75) is 18.8 Å². The van der Waals surface area contributed by atoms with Crippen molar-refractivity contribution >= 4 is 11.6 Å². The number of aromatic carboxylic acids is 1. The van der Waals surface area contributed by atoms with Crippen molar-refractivity contribution in [3.63, 3.8) is 0 Å². The Balaban J connectivity index is 2.14. The van der Waals surface area contributed by atoms with Gasteiger partial charge >= 0.3 is 5.97 Å². The van der Waals surface area contributed by atoms with Gasteiger partial charge in [0.15, 0.2) is 5.65 Å². The highest BCUT2D eigenvalue weighted by molar-refractivity contribution is 5.86. The predicted molar refractivity (Wildman–Crippen MR) is 64.8 cm³/mol. The lowest BCUT2D eigenvalue weighted by atomic mass is 9.99. The molecule has 0 aromatic carbocycles. The second kappa shape index (κ2) is 4.38. The standard InChI is InChI=1S/C12H14N4O2/c17-12(18)9-4-1-5-10-14-15-11(16(9)10)8-3-2-6-13-7-8/h1,4-5,8,13H,2-3,6-7H2,(H,17,18). The summed E-state index contributed by atoms with van der Waals surface area (Å²) in [6.45, 7) is 1.84. The number of nitrogens with zero attached hydrogens (tertiary/aromatic N) is 3. The molecule has 0 radical (unpaired) electrons. The molecule has 6 nitrogen and oxygen atoms in total. The number of carboxylic acids is 1. The van der Waals surface area contributed by atoms with Gasteiger partial charge in [-0.1, -0.05) is 6.07 Å². The highest BCUT2D eigenvalue weighted by Gasteiger charge is 2.23. The molecule has 0 saturated carbocycles. The topological polar surface area (TPSA) is 79.5 Å². The number of hydrogen-bond acceptors (Lipinski definition) is 4. The molecule has 2 aromatic rings. The van der Waals surface area contributed by atoms with Gasteiger partial charge in [0.2, 0.25) is 0 Å². The van der Waals surface area contributed by atoms with E-state index in [1.165, 1.54) is 0 Å². The van der Waals surface area contributed by atoms with Crippen molar-refractivity contribution in [3.8, 4) is 0 Å². The SMILES string of the molecule is O=C(O)c1cccc2nnc(C3CCCNC3)n12. The Morgan fingerprint density at radius 2 is 2.33 bits per heavy atom. The second-order valence-corrected chi connectivity index (χ2v) is 4.51. The molecule has 0 spiro atoms. The highest BCUT2D eigenvalue weighted by Crippen LogP contribution is 2.23. The maximum Gasteiger partial charge on any atom is 0.352 e. The van der Waals surface area contributed by atoms with E-state index in [-0.39, 0.29) is 11.6 Å². The summed E-state index contributed by atoms with van der Waals surface area (Å²) < 4.78 is 1.65. The summed E-state index contributed by atoms with van der Waals surface area (Å²) in [5.74, 6) is 0.0230. The maximum atomic E-state index is 11.3. The van der Waals surface area contributed by atoms with Crippen molar-refractivity contribution in [1.82, 2.24) is 19.9 Å². The summed E-state index contributed by atoms with van der Waals surface area (Å²) in [4.78, 5) is 11.3. The Bertz CT molecular complexity index is 587. The van der Waals surface area contributed by atoms with E-state index >= 15 is 0 Å². The number of carbonyl (C=O) groups is 1. The Hall–Kier alpha value is -1.95. The third-order valence-corrected chi connectivity index (χ3v) is 3.33. The molecule has 1 unspecified atom stereocenters. The number of carboxylic acid groups (broad SMARTS) is 1.